The van der Waals surface area contributed by atoms with E-state index >= 15 is 0 Å². The zero-order chi connectivity index (χ0) is 10.1. The lowest BCUT2D eigenvalue weighted by Gasteiger charge is -2.02. The van der Waals surface area contributed by atoms with Gasteiger partial charge in [-0.05, 0) is 12.2 Å². The van der Waals surface area contributed by atoms with E-state index in [-0.39, 0.29) is 0 Å². The highest BCUT2D eigenvalue weighted by molar-refractivity contribution is 7.98. The minimum Gasteiger partial charge on any atom is -0.275 e. The Balaban J connectivity index is 2.69. The van der Waals surface area contributed by atoms with Crippen molar-refractivity contribution in [2.45, 2.75) is 24.9 Å². The summed E-state index contributed by atoms with van der Waals surface area (Å²) < 4.78 is 1.98. The molecule has 5 heteroatoms. The van der Waals surface area contributed by atoms with Crippen LogP contribution in [0, 0.1) is 0 Å². The van der Waals surface area contributed by atoms with E-state index in [1.54, 1.807) is 18.0 Å². The fourth-order valence-electron chi connectivity index (χ4n) is 1.42. The maximum absolute atomic E-state index is 4.37. The first-order chi connectivity index (χ1) is 6.74. The average Bonchev–Trinajstić information content (AvgIpc) is 2.60. The summed E-state index contributed by atoms with van der Waals surface area (Å²) in [4.78, 5) is 4.37. The van der Waals surface area contributed by atoms with Gasteiger partial charge in [-0.3, -0.25) is 4.40 Å². The van der Waals surface area contributed by atoms with Gasteiger partial charge in [0.25, 0.3) is 0 Å². The molecule has 0 atom stereocenters. The largest absolute Gasteiger partial charge is 0.275 e. The molecule has 0 aromatic carbocycles. The number of hydrogen-bond acceptors (Lipinski definition) is 4. The molecule has 74 valence electrons. The predicted octanol–water partition coefficient (Wildman–Crippen LogP) is 1.97. The second kappa shape index (κ2) is 3.57. The number of thioether (sulfide) groups is 1. The van der Waals surface area contributed by atoms with Crippen LogP contribution in [0.2, 0.25) is 0 Å². The quantitative estimate of drug-likeness (QED) is 0.708. The Morgan fingerprint density at radius 2 is 2.21 bits per heavy atom. The average molecular weight is 208 g/mol. The summed E-state index contributed by atoms with van der Waals surface area (Å²) in [5, 5.41) is 8.88. The first kappa shape index (κ1) is 9.45. The van der Waals surface area contributed by atoms with Gasteiger partial charge >= 0.3 is 0 Å². The second-order valence-corrected chi connectivity index (χ2v) is 4.14. The van der Waals surface area contributed by atoms with Crippen LogP contribution in [0.4, 0.5) is 0 Å². The highest BCUT2D eigenvalue weighted by atomic mass is 32.2. The third kappa shape index (κ3) is 1.37. The fourth-order valence-corrected chi connectivity index (χ4v) is 1.89. The number of hydrogen-bond donors (Lipinski definition) is 0. The number of nitrogens with zero attached hydrogens (tertiary/aromatic N) is 4. The molecule has 0 aliphatic rings. The summed E-state index contributed by atoms with van der Waals surface area (Å²) in [6, 6.07) is 0. The number of fused-ring (bicyclic) bond motifs is 1. The van der Waals surface area contributed by atoms with Gasteiger partial charge in [-0.2, -0.15) is 5.10 Å². The topological polar surface area (TPSA) is 43.1 Å². The molecule has 0 bridgehead atoms. The standard InChI is InChI=1S/C9H12N4S/c1-6(2)8-7-4-11-12-9(14-3)13(7)5-10-8/h4-6H,1-3H3. The van der Waals surface area contributed by atoms with E-state index in [4.69, 9.17) is 0 Å². The lowest BCUT2D eigenvalue weighted by molar-refractivity contribution is 0.803. The molecule has 0 fully saturated rings. The minimum absolute atomic E-state index is 0.416. The summed E-state index contributed by atoms with van der Waals surface area (Å²) in [5.41, 5.74) is 2.13. The van der Waals surface area contributed by atoms with Crippen LogP contribution in [0.3, 0.4) is 0 Å². The molecule has 2 heterocycles. The Hall–Kier alpha value is -1.10. The molecule has 0 spiro atoms. The van der Waals surface area contributed by atoms with Crippen molar-refractivity contribution in [1.82, 2.24) is 19.6 Å². The van der Waals surface area contributed by atoms with Gasteiger partial charge in [0.2, 0.25) is 0 Å². The molecule has 2 rings (SSSR count). The van der Waals surface area contributed by atoms with Crippen LogP contribution in [0.15, 0.2) is 17.7 Å². The second-order valence-electron chi connectivity index (χ2n) is 3.37. The lowest BCUT2D eigenvalue weighted by atomic mass is 10.1. The Kier molecular flexibility index (Phi) is 2.41. The smallest absolute Gasteiger partial charge is 0.195 e. The SMILES string of the molecule is CSc1nncc2c(C(C)C)ncn12. The van der Waals surface area contributed by atoms with Crippen molar-refractivity contribution in [2.75, 3.05) is 6.26 Å². The summed E-state index contributed by atoms with van der Waals surface area (Å²) in [5.74, 6) is 0.416. The van der Waals surface area contributed by atoms with Crippen LogP contribution in [0.25, 0.3) is 5.52 Å². The zero-order valence-corrected chi connectivity index (χ0v) is 9.25. The van der Waals surface area contributed by atoms with Gasteiger partial charge in [-0.1, -0.05) is 25.6 Å². The third-order valence-electron chi connectivity index (χ3n) is 2.09. The Morgan fingerprint density at radius 3 is 2.86 bits per heavy atom. The highest BCUT2D eigenvalue weighted by Gasteiger charge is 2.10. The van der Waals surface area contributed by atoms with Gasteiger partial charge in [0.05, 0.1) is 17.4 Å². The van der Waals surface area contributed by atoms with Crippen molar-refractivity contribution in [3.8, 4) is 0 Å². The first-order valence-corrected chi connectivity index (χ1v) is 5.69. The van der Waals surface area contributed by atoms with Crippen LogP contribution >= 0.6 is 11.8 Å². The van der Waals surface area contributed by atoms with Crippen LogP contribution in [0.5, 0.6) is 0 Å². The molecule has 0 radical (unpaired) electrons. The molecular formula is C9H12N4S. The van der Waals surface area contributed by atoms with E-state index in [9.17, 15) is 0 Å². The van der Waals surface area contributed by atoms with Crippen LogP contribution in [0.1, 0.15) is 25.5 Å². The molecule has 0 saturated carbocycles. The van der Waals surface area contributed by atoms with Gasteiger partial charge < -0.3 is 0 Å². The van der Waals surface area contributed by atoms with E-state index in [0.717, 1.165) is 16.4 Å². The van der Waals surface area contributed by atoms with Crippen LogP contribution in [-0.4, -0.2) is 25.8 Å². The molecule has 0 unspecified atom stereocenters. The summed E-state index contributed by atoms with van der Waals surface area (Å²) in [6.45, 7) is 4.25. The normalized spacial score (nSPS) is 11.4. The summed E-state index contributed by atoms with van der Waals surface area (Å²) in [6.07, 6.45) is 5.56. The lowest BCUT2D eigenvalue weighted by Crippen LogP contribution is -1.96. The van der Waals surface area contributed by atoms with E-state index in [1.165, 1.54) is 0 Å². The van der Waals surface area contributed by atoms with Crippen molar-refractivity contribution in [1.29, 1.82) is 0 Å². The molecule has 0 N–H and O–H groups in total. The predicted molar refractivity (Wildman–Crippen MR) is 56.7 cm³/mol. The molecule has 2 aromatic rings. The Bertz CT molecular complexity index is 449. The number of aromatic nitrogens is 4. The van der Waals surface area contributed by atoms with Crippen LogP contribution in [-0.2, 0) is 0 Å². The van der Waals surface area contributed by atoms with E-state index in [1.807, 2.05) is 17.0 Å². The van der Waals surface area contributed by atoms with Gasteiger partial charge in [-0.15, -0.1) is 5.10 Å². The van der Waals surface area contributed by atoms with Gasteiger partial charge in [0.1, 0.15) is 6.33 Å². The fraction of sp³-hybridized carbons (Fsp3) is 0.444. The summed E-state index contributed by atoms with van der Waals surface area (Å²) in [7, 11) is 0. The molecule has 0 aliphatic heterocycles. The zero-order valence-electron chi connectivity index (χ0n) is 8.43. The number of imidazole rings is 1. The van der Waals surface area contributed by atoms with Crippen molar-refractivity contribution < 1.29 is 0 Å². The molecule has 0 amide bonds. The van der Waals surface area contributed by atoms with Crippen molar-refractivity contribution in [3.05, 3.63) is 18.2 Å². The van der Waals surface area contributed by atoms with Crippen molar-refractivity contribution in [3.63, 3.8) is 0 Å². The third-order valence-corrected chi connectivity index (χ3v) is 2.74. The van der Waals surface area contributed by atoms with E-state index in [2.05, 4.69) is 29.0 Å². The molecule has 2 aromatic heterocycles. The van der Waals surface area contributed by atoms with E-state index < -0.39 is 0 Å². The van der Waals surface area contributed by atoms with Crippen LogP contribution < -0.4 is 0 Å². The number of rotatable bonds is 2. The monoisotopic (exact) mass is 208 g/mol. The van der Waals surface area contributed by atoms with Crippen molar-refractivity contribution >= 4 is 17.3 Å². The van der Waals surface area contributed by atoms with Crippen molar-refractivity contribution in [2.24, 2.45) is 0 Å². The molecule has 0 saturated heterocycles. The maximum Gasteiger partial charge on any atom is 0.195 e. The van der Waals surface area contributed by atoms with Gasteiger partial charge in [0, 0.05) is 0 Å². The van der Waals surface area contributed by atoms with Gasteiger partial charge in [-0.25, -0.2) is 4.98 Å². The highest BCUT2D eigenvalue weighted by Crippen LogP contribution is 2.20. The Labute approximate surface area is 86.8 Å². The molecule has 4 nitrogen and oxygen atoms in total. The molecule has 14 heavy (non-hydrogen) atoms. The molecular weight excluding hydrogens is 196 g/mol. The summed E-state index contributed by atoms with van der Waals surface area (Å²) >= 11 is 1.57. The van der Waals surface area contributed by atoms with E-state index in [0.29, 0.717) is 5.92 Å². The first-order valence-electron chi connectivity index (χ1n) is 4.46. The maximum atomic E-state index is 4.37. The Morgan fingerprint density at radius 1 is 1.43 bits per heavy atom. The minimum atomic E-state index is 0.416. The van der Waals surface area contributed by atoms with Gasteiger partial charge in [0.15, 0.2) is 5.16 Å². The molecule has 0 aliphatic carbocycles.